The number of hydrogen-bond acceptors (Lipinski definition) is 2. The first-order chi connectivity index (χ1) is 6.77. The molecule has 0 radical (unpaired) electrons. The maximum absolute atomic E-state index is 9.75. The summed E-state index contributed by atoms with van der Waals surface area (Å²) in [5.74, 6) is 1.87. The molecule has 0 aromatic rings. The number of halogens is 4. The highest BCUT2D eigenvalue weighted by Gasteiger charge is 2.20. The predicted octanol–water partition coefficient (Wildman–Crippen LogP) is 1.07. The van der Waals surface area contributed by atoms with E-state index >= 15 is 0 Å². The van der Waals surface area contributed by atoms with Crippen LogP contribution in [-0.2, 0) is 4.74 Å². The van der Waals surface area contributed by atoms with Gasteiger partial charge >= 0.3 is 7.25 Å². The average Bonchev–Trinajstić information content (AvgIpc) is 2.43. The average molecular weight is 228 g/mol. The molecule has 0 bridgehead atoms. The molecular weight excluding hydrogens is 215 g/mol. The topological polar surface area (TPSA) is 26.0 Å². The summed E-state index contributed by atoms with van der Waals surface area (Å²) in [5.41, 5.74) is 0. The second kappa shape index (κ2) is 5.74. The Hall–Kier alpha value is -1.05. The Labute approximate surface area is 85.5 Å². The summed E-state index contributed by atoms with van der Waals surface area (Å²) in [6, 6.07) is 0. The van der Waals surface area contributed by atoms with Gasteiger partial charge in [-0.25, -0.2) is 0 Å². The van der Waals surface area contributed by atoms with Gasteiger partial charge in [0.25, 0.3) is 5.88 Å². The normalized spacial score (nSPS) is 20.1. The molecule has 1 heterocycles. The van der Waals surface area contributed by atoms with E-state index in [2.05, 4.69) is 11.9 Å². The molecule has 1 unspecified atom stereocenters. The fourth-order valence-corrected chi connectivity index (χ4v) is 0.984. The van der Waals surface area contributed by atoms with Gasteiger partial charge in [-0.2, -0.15) is 4.99 Å². The Morgan fingerprint density at radius 2 is 1.87 bits per heavy atom. The number of amidine groups is 1. The lowest BCUT2D eigenvalue weighted by Crippen LogP contribution is -3.06. The van der Waals surface area contributed by atoms with Gasteiger partial charge in [-0.3, -0.25) is 4.90 Å². The first-order valence-corrected chi connectivity index (χ1v) is 4.32. The van der Waals surface area contributed by atoms with Crippen LogP contribution in [0.4, 0.5) is 17.3 Å². The molecule has 1 aliphatic rings. The molecule has 0 aromatic carbocycles. The fraction of sp³-hybridized carbons (Fsp3) is 0.571. The minimum Gasteiger partial charge on any atom is -0.477 e. The third kappa shape index (κ3) is 6.95. The zero-order valence-corrected chi connectivity index (χ0v) is 8.73. The summed E-state index contributed by atoms with van der Waals surface area (Å²) in [5, 5.41) is 0. The van der Waals surface area contributed by atoms with E-state index in [1.807, 2.05) is 13.2 Å². The van der Waals surface area contributed by atoms with Crippen LogP contribution in [0.2, 0.25) is 0 Å². The number of hydrogen-bond donors (Lipinski definition) is 1. The van der Waals surface area contributed by atoms with Crippen LogP contribution in [-0.4, -0.2) is 27.2 Å². The smallest absolute Gasteiger partial charge is 0.477 e. The molecule has 0 spiro atoms. The molecule has 0 aliphatic carbocycles. The van der Waals surface area contributed by atoms with E-state index < -0.39 is 7.25 Å². The molecule has 0 saturated carbocycles. The van der Waals surface area contributed by atoms with Crippen molar-refractivity contribution in [3.63, 3.8) is 0 Å². The maximum atomic E-state index is 9.75. The largest absolute Gasteiger partial charge is 0.673 e. The number of rotatable bonds is 2. The van der Waals surface area contributed by atoms with Gasteiger partial charge < -0.3 is 22.0 Å². The lowest BCUT2D eigenvalue weighted by molar-refractivity contribution is -0.720. The van der Waals surface area contributed by atoms with Crippen LogP contribution in [0.3, 0.4) is 0 Å². The fourth-order valence-electron chi connectivity index (χ4n) is 0.984. The molecule has 1 N–H and O–H groups in total. The van der Waals surface area contributed by atoms with Crippen molar-refractivity contribution in [3.05, 3.63) is 12.1 Å². The molecule has 1 aliphatic heterocycles. The van der Waals surface area contributed by atoms with Crippen molar-refractivity contribution in [2.75, 3.05) is 14.2 Å². The van der Waals surface area contributed by atoms with E-state index in [0.29, 0.717) is 0 Å². The molecule has 0 aromatic heterocycles. The number of quaternary nitrogens is 1. The highest BCUT2D eigenvalue weighted by Crippen LogP contribution is 2.06. The van der Waals surface area contributed by atoms with Gasteiger partial charge in [-0.1, -0.05) is 6.92 Å². The standard InChI is InChI=1S/C7H12N2O.BF4/c1-4-6-8-7(10-3)5-9(6)2;2-1(3,4)5/h5H,4H2,1-3H3;/q;-1/p+1. The Bertz CT molecular complexity index is 258. The second-order valence-electron chi connectivity index (χ2n) is 2.78. The van der Waals surface area contributed by atoms with Crippen LogP contribution in [0.25, 0.3) is 0 Å². The van der Waals surface area contributed by atoms with Crippen LogP contribution in [0, 0.1) is 0 Å². The predicted molar refractivity (Wildman–Crippen MR) is 49.9 cm³/mol. The molecule has 3 nitrogen and oxygen atoms in total. The van der Waals surface area contributed by atoms with Crippen molar-refractivity contribution in [3.8, 4) is 0 Å². The minimum absolute atomic E-state index is 0.731. The van der Waals surface area contributed by atoms with Gasteiger partial charge in [0.05, 0.1) is 14.2 Å². The monoisotopic (exact) mass is 228 g/mol. The molecule has 8 heteroatoms. The highest BCUT2D eigenvalue weighted by atomic mass is 19.5. The Balaban J connectivity index is 0.000000336. The molecule has 88 valence electrons. The van der Waals surface area contributed by atoms with Gasteiger partial charge in [0.1, 0.15) is 0 Å². The lowest BCUT2D eigenvalue weighted by atomic mass is 10.3. The number of nitrogens with zero attached hydrogens (tertiary/aromatic N) is 1. The second-order valence-corrected chi connectivity index (χ2v) is 2.78. The van der Waals surface area contributed by atoms with Crippen molar-refractivity contribution in [1.29, 1.82) is 0 Å². The first kappa shape index (κ1) is 14.0. The zero-order valence-electron chi connectivity index (χ0n) is 8.73. The van der Waals surface area contributed by atoms with Crippen LogP contribution in [0.1, 0.15) is 13.3 Å². The van der Waals surface area contributed by atoms with Crippen LogP contribution in [0.15, 0.2) is 17.1 Å². The Morgan fingerprint density at radius 3 is 2.07 bits per heavy atom. The van der Waals surface area contributed by atoms with E-state index in [0.717, 1.165) is 18.1 Å². The summed E-state index contributed by atoms with van der Waals surface area (Å²) in [7, 11) is -2.31. The van der Waals surface area contributed by atoms with Crippen LogP contribution < -0.4 is 4.90 Å². The van der Waals surface area contributed by atoms with Gasteiger partial charge in [-0.15, -0.1) is 0 Å². The minimum atomic E-state index is -6.00. The maximum Gasteiger partial charge on any atom is 0.673 e. The Kier molecular flexibility index (Phi) is 5.34. The molecule has 0 fully saturated rings. The summed E-state index contributed by atoms with van der Waals surface area (Å²) < 4.78 is 44.0. The first-order valence-electron chi connectivity index (χ1n) is 4.32. The van der Waals surface area contributed by atoms with E-state index in [9.17, 15) is 17.3 Å². The van der Waals surface area contributed by atoms with Crippen molar-refractivity contribution in [2.24, 2.45) is 4.99 Å². The number of nitrogens with one attached hydrogen (secondary N) is 1. The van der Waals surface area contributed by atoms with Gasteiger partial charge in [0, 0.05) is 6.42 Å². The van der Waals surface area contributed by atoms with Crippen molar-refractivity contribution >= 4 is 13.1 Å². The molecule has 15 heavy (non-hydrogen) atoms. The SMILES string of the molecule is CCC1=NC(OC)=C[NH+]1C.F[B-](F)(F)F. The number of methoxy groups -OCH3 is 1. The number of ether oxygens (including phenoxy) is 1. The van der Waals surface area contributed by atoms with E-state index in [-0.39, 0.29) is 0 Å². The number of aliphatic imine (C=N–C) groups is 1. The van der Waals surface area contributed by atoms with Crippen molar-refractivity contribution < 1.29 is 26.9 Å². The summed E-state index contributed by atoms with van der Waals surface area (Å²) >= 11 is 0. The van der Waals surface area contributed by atoms with Crippen LogP contribution >= 0.6 is 0 Å². The molecule has 1 rings (SSSR count). The summed E-state index contributed by atoms with van der Waals surface area (Å²) in [6.45, 7) is 2.09. The summed E-state index contributed by atoms with van der Waals surface area (Å²) in [4.78, 5) is 5.45. The van der Waals surface area contributed by atoms with Gasteiger partial charge in [0.2, 0.25) is 5.84 Å². The summed E-state index contributed by atoms with van der Waals surface area (Å²) in [6.07, 6.45) is 2.94. The molecule has 1 atom stereocenters. The molecular formula is C7H13BF4N2O. The van der Waals surface area contributed by atoms with E-state index in [1.54, 1.807) is 7.11 Å². The van der Waals surface area contributed by atoms with Gasteiger partial charge in [-0.05, 0) is 0 Å². The van der Waals surface area contributed by atoms with Crippen molar-refractivity contribution in [1.82, 2.24) is 0 Å². The molecule has 0 amide bonds. The lowest BCUT2D eigenvalue weighted by Gasteiger charge is -1.99. The third-order valence-electron chi connectivity index (χ3n) is 1.58. The third-order valence-corrected chi connectivity index (χ3v) is 1.58. The molecule has 0 saturated heterocycles. The highest BCUT2D eigenvalue weighted by molar-refractivity contribution is 6.50. The van der Waals surface area contributed by atoms with Crippen LogP contribution in [0.5, 0.6) is 0 Å². The zero-order chi connectivity index (χ0) is 12.1. The van der Waals surface area contributed by atoms with Crippen molar-refractivity contribution in [2.45, 2.75) is 13.3 Å². The quantitative estimate of drug-likeness (QED) is 0.555. The van der Waals surface area contributed by atoms with E-state index in [4.69, 9.17) is 4.74 Å². The van der Waals surface area contributed by atoms with E-state index in [1.165, 1.54) is 4.90 Å². The van der Waals surface area contributed by atoms with Gasteiger partial charge in [0.15, 0.2) is 6.20 Å². The Morgan fingerprint density at radius 1 is 1.40 bits per heavy atom.